The van der Waals surface area contributed by atoms with Crippen LogP contribution in [0.3, 0.4) is 0 Å². The summed E-state index contributed by atoms with van der Waals surface area (Å²) in [7, 11) is 0. The highest BCUT2D eigenvalue weighted by Crippen LogP contribution is 2.35. The maximum absolute atomic E-state index is 5.28. The fraction of sp³-hybridized carbons (Fsp3) is 0.0750. The van der Waals surface area contributed by atoms with Crippen LogP contribution in [-0.4, -0.2) is 10.3 Å². The second-order valence-corrected chi connectivity index (χ2v) is 11.2. The monoisotopic (exact) mass is 553 g/mol. The fourth-order valence-electron chi connectivity index (χ4n) is 6.38. The van der Waals surface area contributed by atoms with Gasteiger partial charge in [0, 0.05) is 22.5 Å². The van der Waals surface area contributed by atoms with Crippen molar-refractivity contribution >= 4 is 33.1 Å². The molecular weight excluding hydrogens is 522 g/mol. The van der Waals surface area contributed by atoms with Gasteiger partial charge in [-0.25, -0.2) is 4.99 Å². The molecular formula is C40H31N3. The lowest BCUT2D eigenvalue weighted by molar-refractivity contribution is 0.498. The van der Waals surface area contributed by atoms with Gasteiger partial charge in [0.25, 0.3) is 0 Å². The van der Waals surface area contributed by atoms with Crippen molar-refractivity contribution in [3.8, 4) is 22.3 Å². The second-order valence-electron chi connectivity index (χ2n) is 11.2. The maximum Gasteiger partial charge on any atom is 0.201 e. The molecule has 0 bridgehead atoms. The Balaban J connectivity index is 1.17. The highest BCUT2D eigenvalue weighted by Gasteiger charge is 2.20. The Hall–Kier alpha value is -5.41. The van der Waals surface area contributed by atoms with Gasteiger partial charge in [-0.3, -0.25) is 0 Å². The van der Waals surface area contributed by atoms with Crippen LogP contribution < -0.4 is 5.32 Å². The summed E-state index contributed by atoms with van der Waals surface area (Å²) in [6, 6.07) is 43.6. The van der Waals surface area contributed by atoms with Crippen molar-refractivity contribution < 1.29 is 0 Å². The lowest BCUT2D eigenvalue weighted by Crippen LogP contribution is -2.25. The molecule has 2 aliphatic rings. The summed E-state index contributed by atoms with van der Waals surface area (Å²) in [6.45, 7) is 0. The largest absolute Gasteiger partial charge is 0.353 e. The molecule has 5 aromatic carbocycles. The molecule has 3 nitrogen and oxygen atoms in total. The van der Waals surface area contributed by atoms with Gasteiger partial charge < -0.3 is 9.88 Å². The quantitative estimate of drug-likeness (QED) is 0.226. The highest BCUT2D eigenvalue weighted by molar-refractivity contribution is 6.11. The standard InChI is InChI=1S/C40H31N3/c1-3-10-28(11-4-1)30-18-20-31(21-19-30)32-14-9-15-34(26-32)37-24-25-41-40(42-37)43-38-17-8-7-16-35(38)36-23-22-33(27-39(36)43)29-12-5-2-6-13-29/h1-5,7-12,14-27,40-41H,6,13H2. The van der Waals surface area contributed by atoms with Gasteiger partial charge in [0.05, 0.1) is 16.7 Å². The van der Waals surface area contributed by atoms with Crippen molar-refractivity contribution in [2.45, 2.75) is 19.1 Å². The van der Waals surface area contributed by atoms with Gasteiger partial charge in [-0.1, -0.05) is 121 Å². The Morgan fingerprint density at radius 1 is 0.605 bits per heavy atom. The molecule has 43 heavy (non-hydrogen) atoms. The van der Waals surface area contributed by atoms with Crippen LogP contribution in [0.1, 0.15) is 30.3 Å². The lowest BCUT2D eigenvalue weighted by Gasteiger charge is -2.22. The molecule has 206 valence electrons. The van der Waals surface area contributed by atoms with Crippen LogP contribution in [0.5, 0.6) is 0 Å². The summed E-state index contributed by atoms with van der Waals surface area (Å²) in [6.07, 6.45) is 12.7. The summed E-state index contributed by atoms with van der Waals surface area (Å²) in [5, 5.41) is 6.04. The average molecular weight is 554 g/mol. The Kier molecular flexibility index (Phi) is 6.34. The zero-order chi connectivity index (χ0) is 28.6. The minimum atomic E-state index is -0.258. The number of rotatable bonds is 5. The van der Waals surface area contributed by atoms with Gasteiger partial charge in [-0.05, 0) is 70.5 Å². The van der Waals surface area contributed by atoms with Gasteiger partial charge in [0.15, 0.2) is 0 Å². The number of aliphatic imine (C=N–C) groups is 1. The van der Waals surface area contributed by atoms with Gasteiger partial charge in [-0.2, -0.15) is 0 Å². The molecule has 0 radical (unpaired) electrons. The number of allylic oxidation sites excluding steroid dienone is 5. The van der Waals surface area contributed by atoms with Crippen LogP contribution in [0.25, 0.3) is 49.6 Å². The van der Waals surface area contributed by atoms with E-state index in [1.807, 2.05) is 6.20 Å². The van der Waals surface area contributed by atoms with Crippen LogP contribution in [0, 0.1) is 0 Å². The third kappa shape index (κ3) is 4.69. The second kappa shape index (κ2) is 10.8. The number of nitrogens with one attached hydrogen (secondary N) is 1. The highest BCUT2D eigenvalue weighted by atomic mass is 15.3. The van der Waals surface area contributed by atoms with Crippen LogP contribution in [0.15, 0.2) is 157 Å². The normalized spacial score (nSPS) is 16.2. The lowest BCUT2D eigenvalue weighted by atomic mass is 9.96. The molecule has 8 rings (SSSR count). The SMILES string of the molecule is C1=CCCC(c2ccc3c4ccccc4n(C4N=C(c5cccc(-c6ccc(-c7ccccc7)cc6)c5)C=CN4)c3c2)=C1. The van der Waals surface area contributed by atoms with Crippen LogP contribution in [-0.2, 0) is 0 Å². The van der Waals surface area contributed by atoms with Crippen LogP contribution in [0.2, 0.25) is 0 Å². The minimum absolute atomic E-state index is 0.258. The van der Waals surface area contributed by atoms with Gasteiger partial charge in [0.1, 0.15) is 0 Å². The number of aromatic nitrogens is 1. The van der Waals surface area contributed by atoms with Gasteiger partial charge in [-0.15, -0.1) is 0 Å². The van der Waals surface area contributed by atoms with Crippen molar-refractivity contribution in [3.05, 3.63) is 163 Å². The Labute approximate surface area is 251 Å². The third-order valence-electron chi connectivity index (χ3n) is 8.57. The van der Waals surface area contributed by atoms with Gasteiger partial charge in [0.2, 0.25) is 6.29 Å². The summed E-state index contributed by atoms with van der Waals surface area (Å²) in [4.78, 5) is 5.28. The topological polar surface area (TPSA) is 29.3 Å². The molecule has 1 atom stereocenters. The van der Waals surface area contributed by atoms with Crippen LogP contribution in [0.4, 0.5) is 0 Å². The molecule has 3 heteroatoms. The Morgan fingerprint density at radius 3 is 2.14 bits per heavy atom. The zero-order valence-electron chi connectivity index (χ0n) is 23.8. The molecule has 0 amide bonds. The number of hydrogen-bond donors (Lipinski definition) is 1. The predicted molar refractivity (Wildman–Crippen MR) is 181 cm³/mol. The Bertz CT molecular complexity index is 2090. The average Bonchev–Trinajstić information content (AvgIpc) is 3.43. The molecule has 1 aromatic heterocycles. The molecule has 1 N–H and O–H groups in total. The summed E-state index contributed by atoms with van der Waals surface area (Å²) < 4.78 is 2.35. The first-order valence-corrected chi connectivity index (χ1v) is 15.0. The molecule has 6 aromatic rings. The van der Waals surface area contributed by atoms with E-state index < -0.39 is 0 Å². The van der Waals surface area contributed by atoms with E-state index in [1.54, 1.807) is 0 Å². The van der Waals surface area contributed by atoms with E-state index in [9.17, 15) is 0 Å². The molecule has 1 aliphatic carbocycles. The van der Waals surface area contributed by atoms with Crippen molar-refractivity contribution in [1.82, 2.24) is 9.88 Å². The molecule has 0 spiro atoms. The number of benzene rings is 5. The smallest absolute Gasteiger partial charge is 0.201 e. The van der Waals surface area contributed by atoms with E-state index in [0.29, 0.717) is 0 Å². The first-order chi connectivity index (χ1) is 21.3. The van der Waals surface area contributed by atoms with E-state index >= 15 is 0 Å². The first-order valence-electron chi connectivity index (χ1n) is 15.0. The number of hydrogen-bond acceptors (Lipinski definition) is 2. The minimum Gasteiger partial charge on any atom is -0.353 e. The van der Waals surface area contributed by atoms with E-state index in [-0.39, 0.29) is 6.29 Å². The zero-order valence-corrected chi connectivity index (χ0v) is 23.8. The first kappa shape index (κ1) is 25.3. The van der Waals surface area contributed by atoms with E-state index in [2.05, 4.69) is 156 Å². The summed E-state index contributed by atoms with van der Waals surface area (Å²) >= 11 is 0. The van der Waals surface area contributed by atoms with Crippen molar-refractivity contribution in [2.75, 3.05) is 0 Å². The molecule has 1 unspecified atom stereocenters. The van der Waals surface area contributed by atoms with Crippen molar-refractivity contribution in [2.24, 2.45) is 4.99 Å². The van der Waals surface area contributed by atoms with E-state index in [1.165, 1.54) is 55.2 Å². The molecule has 0 saturated heterocycles. The number of fused-ring (bicyclic) bond motifs is 3. The Morgan fingerprint density at radius 2 is 1.30 bits per heavy atom. The predicted octanol–water partition coefficient (Wildman–Crippen LogP) is 9.92. The van der Waals surface area contributed by atoms with E-state index in [4.69, 9.17) is 4.99 Å². The summed E-state index contributed by atoms with van der Waals surface area (Å²) in [5.41, 5.74) is 11.9. The molecule has 2 heterocycles. The van der Waals surface area contributed by atoms with Crippen molar-refractivity contribution in [3.63, 3.8) is 0 Å². The molecule has 0 saturated carbocycles. The van der Waals surface area contributed by atoms with Crippen LogP contribution >= 0.6 is 0 Å². The van der Waals surface area contributed by atoms with Crippen molar-refractivity contribution in [1.29, 1.82) is 0 Å². The maximum atomic E-state index is 5.28. The fourth-order valence-corrected chi connectivity index (χ4v) is 6.38. The third-order valence-corrected chi connectivity index (χ3v) is 8.57. The van der Waals surface area contributed by atoms with E-state index in [0.717, 1.165) is 24.1 Å². The number of nitrogens with zero attached hydrogens (tertiary/aromatic N) is 2. The molecule has 1 aliphatic heterocycles. The molecule has 0 fully saturated rings. The van der Waals surface area contributed by atoms with Gasteiger partial charge >= 0.3 is 0 Å². The summed E-state index contributed by atoms with van der Waals surface area (Å²) in [5.74, 6) is 0. The number of para-hydroxylation sites is 1.